The number of nitrogens with one attached hydrogen (secondary N) is 2. The number of amides is 3. The number of esters is 1. The summed E-state index contributed by atoms with van der Waals surface area (Å²) in [5, 5.41) is 4.85. The van der Waals surface area contributed by atoms with Crippen LogP contribution < -0.4 is 10.6 Å². The van der Waals surface area contributed by atoms with Crippen molar-refractivity contribution in [2.75, 3.05) is 20.2 Å². The van der Waals surface area contributed by atoms with Gasteiger partial charge < -0.3 is 10.1 Å². The molecule has 116 valence electrons. The maximum Gasteiger partial charge on any atom is 0.321 e. The van der Waals surface area contributed by atoms with E-state index in [2.05, 4.69) is 15.4 Å². The predicted octanol–water partition coefficient (Wildman–Crippen LogP) is 0.494. The van der Waals surface area contributed by atoms with Gasteiger partial charge in [-0.15, -0.1) is 0 Å². The van der Waals surface area contributed by atoms with Gasteiger partial charge >= 0.3 is 12.0 Å². The summed E-state index contributed by atoms with van der Waals surface area (Å²) in [6.07, 6.45) is 0. The molecular weight excluding hydrogens is 262 g/mol. The summed E-state index contributed by atoms with van der Waals surface area (Å²) in [6, 6.07) is -0.574. The molecule has 0 heterocycles. The maximum absolute atomic E-state index is 11.8. The van der Waals surface area contributed by atoms with Crippen molar-refractivity contribution in [3.05, 3.63) is 0 Å². The normalized spacial score (nSPS) is 11.4. The zero-order valence-electron chi connectivity index (χ0n) is 13.1. The summed E-state index contributed by atoms with van der Waals surface area (Å²) in [5.74, 6) is -0.894. The molecule has 0 aliphatic rings. The van der Waals surface area contributed by atoms with Crippen molar-refractivity contribution < 1.29 is 19.1 Å². The topological polar surface area (TPSA) is 87.7 Å². The van der Waals surface area contributed by atoms with Gasteiger partial charge in [0.1, 0.15) is 0 Å². The van der Waals surface area contributed by atoms with Crippen molar-refractivity contribution in [2.24, 2.45) is 0 Å². The molecule has 0 aliphatic carbocycles. The van der Waals surface area contributed by atoms with Gasteiger partial charge in [0.15, 0.2) is 0 Å². The van der Waals surface area contributed by atoms with E-state index < -0.39 is 23.4 Å². The Bertz CT molecular complexity index is 361. The largest absolute Gasteiger partial charge is 0.468 e. The third-order valence-corrected chi connectivity index (χ3v) is 2.38. The summed E-state index contributed by atoms with van der Waals surface area (Å²) in [7, 11) is 1.29. The molecule has 0 aromatic carbocycles. The summed E-state index contributed by atoms with van der Waals surface area (Å²) in [6.45, 7) is 9.10. The summed E-state index contributed by atoms with van der Waals surface area (Å²) in [4.78, 5) is 36.2. The molecule has 0 spiro atoms. The highest BCUT2D eigenvalue weighted by Crippen LogP contribution is 1.99. The van der Waals surface area contributed by atoms with Crippen molar-refractivity contribution >= 4 is 17.9 Å². The van der Waals surface area contributed by atoms with Crippen LogP contribution in [-0.2, 0) is 14.3 Å². The van der Waals surface area contributed by atoms with Crippen LogP contribution in [0.15, 0.2) is 0 Å². The second kappa shape index (κ2) is 7.84. The number of methoxy groups -OCH3 is 1. The van der Waals surface area contributed by atoms with Crippen molar-refractivity contribution in [3.63, 3.8) is 0 Å². The Morgan fingerprint density at radius 3 is 2.10 bits per heavy atom. The molecule has 0 saturated heterocycles. The van der Waals surface area contributed by atoms with Gasteiger partial charge in [0.2, 0.25) is 5.91 Å². The lowest BCUT2D eigenvalue weighted by Crippen LogP contribution is -2.51. The highest BCUT2D eigenvalue weighted by atomic mass is 16.5. The Labute approximate surface area is 120 Å². The molecule has 0 atom stereocenters. The fourth-order valence-electron chi connectivity index (χ4n) is 1.37. The van der Waals surface area contributed by atoms with Crippen LogP contribution in [0.4, 0.5) is 4.79 Å². The summed E-state index contributed by atoms with van der Waals surface area (Å²) < 4.78 is 4.57. The van der Waals surface area contributed by atoms with Gasteiger partial charge in [0.05, 0.1) is 20.2 Å². The van der Waals surface area contributed by atoms with Gasteiger partial charge in [0, 0.05) is 11.6 Å². The molecule has 0 radical (unpaired) electrons. The fraction of sp³-hybridized carbons (Fsp3) is 0.769. The Balaban J connectivity index is 4.40. The second-order valence-corrected chi connectivity index (χ2v) is 5.83. The van der Waals surface area contributed by atoms with Crippen LogP contribution in [0, 0.1) is 0 Å². The molecule has 2 N–H and O–H groups in total. The highest BCUT2D eigenvalue weighted by Gasteiger charge is 2.20. The van der Waals surface area contributed by atoms with E-state index in [1.165, 1.54) is 7.11 Å². The first kappa shape index (κ1) is 18.4. The molecule has 7 heteroatoms. The molecule has 20 heavy (non-hydrogen) atoms. The molecule has 0 unspecified atom stereocenters. The molecule has 0 bridgehead atoms. The van der Waals surface area contributed by atoms with E-state index in [1.807, 2.05) is 34.6 Å². The average molecular weight is 287 g/mol. The van der Waals surface area contributed by atoms with Gasteiger partial charge in [-0.25, -0.2) is 4.79 Å². The molecule has 7 nitrogen and oxygen atoms in total. The number of carbonyl (C=O) groups is 3. The molecule has 0 aromatic rings. The number of rotatable bonds is 5. The number of carbonyl (C=O) groups excluding carboxylic acids is 3. The van der Waals surface area contributed by atoms with E-state index in [9.17, 15) is 14.4 Å². The number of nitrogens with zero attached hydrogens (tertiary/aromatic N) is 1. The first-order valence-corrected chi connectivity index (χ1v) is 6.48. The van der Waals surface area contributed by atoms with Crippen LogP contribution in [0.25, 0.3) is 0 Å². The maximum atomic E-state index is 11.8. The second-order valence-electron chi connectivity index (χ2n) is 5.83. The summed E-state index contributed by atoms with van der Waals surface area (Å²) in [5.41, 5.74) is -0.423. The van der Waals surface area contributed by atoms with Gasteiger partial charge in [-0.2, -0.15) is 0 Å². The minimum atomic E-state index is -0.552. The molecule has 0 saturated carbocycles. The number of hydrogen-bond donors (Lipinski definition) is 2. The third kappa shape index (κ3) is 8.47. The van der Waals surface area contributed by atoms with Crippen LogP contribution in [0.5, 0.6) is 0 Å². The first-order valence-electron chi connectivity index (χ1n) is 6.48. The highest BCUT2D eigenvalue weighted by molar-refractivity contribution is 5.95. The van der Waals surface area contributed by atoms with E-state index in [1.54, 1.807) is 4.90 Å². The SMILES string of the molecule is COC(=O)CN(CC(=O)NC(=O)NC(C)(C)C)C(C)C. The predicted molar refractivity (Wildman–Crippen MR) is 75.2 cm³/mol. The smallest absolute Gasteiger partial charge is 0.321 e. The molecule has 0 fully saturated rings. The lowest BCUT2D eigenvalue weighted by molar-refractivity contribution is -0.142. The van der Waals surface area contributed by atoms with Crippen LogP contribution in [0.3, 0.4) is 0 Å². The Morgan fingerprint density at radius 1 is 1.15 bits per heavy atom. The van der Waals surface area contributed by atoms with Crippen LogP contribution in [0.2, 0.25) is 0 Å². The quantitative estimate of drug-likeness (QED) is 0.719. The van der Waals surface area contributed by atoms with E-state index in [0.717, 1.165) is 0 Å². The molecular formula is C13H25N3O4. The van der Waals surface area contributed by atoms with E-state index in [-0.39, 0.29) is 19.1 Å². The number of imide groups is 1. The monoisotopic (exact) mass is 287 g/mol. The zero-order valence-corrected chi connectivity index (χ0v) is 13.1. The van der Waals surface area contributed by atoms with Crippen molar-refractivity contribution in [1.29, 1.82) is 0 Å². The van der Waals surface area contributed by atoms with E-state index >= 15 is 0 Å². The molecule has 0 rings (SSSR count). The summed E-state index contributed by atoms with van der Waals surface area (Å²) >= 11 is 0. The van der Waals surface area contributed by atoms with E-state index in [4.69, 9.17) is 0 Å². The number of urea groups is 1. The lowest BCUT2D eigenvalue weighted by Gasteiger charge is -2.25. The molecule has 0 aliphatic heterocycles. The van der Waals surface area contributed by atoms with Gasteiger partial charge in [-0.1, -0.05) is 0 Å². The first-order chi connectivity index (χ1) is 9.05. The molecule has 0 aromatic heterocycles. The van der Waals surface area contributed by atoms with Crippen molar-refractivity contribution in [2.45, 2.75) is 46.2 Å². The van der Waals surface area contributed by atoms with Gasteiger partial charge in [0.25, 0.3) is 0 Å². The van der Waals surface area contributed by atoms with Crippen LogP contribution in [0.1, 0.15) is 34.6 Å². The Hall–Kier alpha value is -1.63. The minimum absolute atomic E-state index is 0.00246. The zero-order chi connectivity index (χ0) is 15.9. The third-order valence-electron chi connectivity index (χ3n) is 2.38. The molecule has 3 amide bonds. The van der Waals surface area contributed by atoms with E-state index in [0.29, 0.717) is 0 Å². The minimum Gasteiger partial charge on any atom is -0.468 e. The Morgan fingerprint density at radius 2 is 1.70 bits per heavy atom. The van der Waals surface area contributed by atoms with Gasteiger partial charge in [-0.3, -0.25) is 19.8 Å². The standard InChI is InChI=1S/C13H25N3O4/c1-9(2)16(8-11(18)20-6)7-10(17)14-12(19)15-13(3,4)5/h9H,7-8H2,1-6H3,(H2,14,15,17,19). The number of ether oxygens (including phenoxy) is 1. The van der Waals surface area contributed by atoms with Crippen LogP contribution >= 0.6 is 0 Å². The van der Waals surface area contributed by atoms with Crippen LogP contribution in [-0.4, -0.2) is 54.6 Å². The van der Waals surface area contributed by atoms with Crippen molar-refractivity contribution in [3.8, 4) is 0 Å². The Kier molecular flexibility index (Phi) is 7.20. The van der Waals surface area contributed by atoms with Crippen molar-refractivity contribution in [1.82, 2.24) is 15.5 Å². The van der Waals surface area contributed by atoms with Gasteiger partial charge in [-0.05, 0) is 34.6 Å². The number of hydrogen-bond acceptors (Lipinski definition) is 5. The fourth-order valence-corrected chi connectivity index (χ4v) is 1.37. The average Bonchev–Trinajstić information content (AvgIpc) is 2.24. The lowest BCUT2D eigenvalue weighted by atomic mass is 10.1.